The summed E-state index contributed by atoms with van der Waals surface area (Å²) in [5.41, 5.74) is 2.12. The smallest absolute Gasteiger partial charge is 0.244 e. The second-order valence-electron chi connectivity index (χ2n) is 7.67. The maximum Gasteiger partial charge on any atom is 0.244 e. The Morgan fingerprint density at radius 3 is 2.82 bits per heavy atom. The number of amides is 1. The molecule has 7 nitrogen and oxygen atoms in total. The highest BCUT2D eigenvalue weighted by Gasteiger charge is 2.25. The third-order valence-corrected chi connectivity index (χ3v) is 5.74. The molecule has 0 aliphatic carbocycles. The van der Waals surface area contributed by atoms with Gasteiger partial charge in [-0.15, -0.1) is 0 Å². The van der Waals surface area contributed by atoms with Crippen LogP contribution in [0.15, 0.2) is 36.7 Å². The minimum Gasteiger partial charge on any atom is -0.372 e. The molecule has 1 amide bonds. The van der Waals surface area contributed by atoms with Crippen LogP contribution in [0.25, 0.3) is 0 Å². The summed E-state index contributed by atoms with van der Waals surface area (Å²) in [6.07, 6.45) is 7.87. The molecule has 1 atom stereocenters. The van der Waals surface area contributed by atoms with Gasteiger partial charge in [-0.25, -0.2) is 0 Å². The van der Waals surface area contributed by atoms with Crippen molar-refractivity contribution in [2.24, 2.45) is 0 Å². The molecule has 0 bridgehead atoms. The van der Waals surface area contributed by atoms with Crippen LogP contribution in [-0.4, -0.2) is 57.9 Å². The number of likely N-dealkylation sites (tertiary alicyclic amines) is 1. The Bertz CT molecular complexity index is 749. The largest absolute Gasteiger partial charge is 0.372 e. The van der Waals surface area contributed by atoms with Crippen molar-refractivity contribution in [1.29, 1.82) is 0 Å². The van der Waals surface area contributed by atoms with Gasteiger partial charge in [0.2, 0.25) is 5.91 Å². The number of nitrogens with one attached hydrogen (secondary N) is 1. The molecule has 7 heteroatoms. The van der Waals surface area contributed by atoms with Crippen LogP contribution in [-0.2, 0) is 22.7 Å². The SMILES string of the molecule is O=C(Cn1nccc1C1CCCNC1)N1CCC(OCc2ccccn2)CC1. The maximum atomic E-state index is 12.8. The number of carbonyl (C=O) groups is 1. The van der Waals surface area contributed by atoms with E-state index in [1.807, 2.05) is 34.0 Å². The first-order valence-electron chi connectivity index (χ1n) is 10.3. The fourth-order valence-corrected chi connectivity index (χ4v) is 4.11. The Kier molecular flexibility index (Phi) is 6.34. The number of rotatable bonds is 6. The monoisotopic (exact) mass is 383 g/mol. The van der Waals surface area contributed by atoms with E-state index in [0.717, 1.165) is 51.1 Å². The molecule has 2 aromatic rings. The van der Waals surface area contributed by atoms with Gasteiger partial charge < -0.3 is 15.0 Å². The molecule has 0 saturated carbocycles. The molecule has 0 aromatic carbocycles. The van der Waals surface area contributed by atoms with E-state index < -0.39 is 0 Å². The second-order valence-corrected chi connectivity index (χ2v) is 7.67. The van der Waals surface area contributed by atoms with Crippen molar-refractivity contribution >= 4 is 5.91 Å². The van der Waals surface area contributed by atoms with Gasteiger partial charge in [-0.2, -0.15) is 5.10 Å². The summed E-state index contributed by atoms with van der Waals surface area (Å²) in [5.74, 6) is 0.603. The van der Waals surface area contributed by atoms with Crippen molar-refractivity contribution in [3.8, 4) is 0 Å². The van der Waals surface area contributed by atoms with Crippen molar-refractivity contribution in [2.75, 3.05) is 26.2 Å². The zero-order valence-electron chi connectivity index (χ0n) is 16.3. The third-order valence-electron chi connectivity index (χ3n) is 5.74. The van der Waals surface area contributed by atoms with Crippen LogP contribution in [0.4, 0.5) is 0 Å². The number of piperidine rings is 2. The van der Waals surface area contributed by atoms with Gasteiger partial charge in [0.25, 0.3) is 0 Å². The lowest BCUT2D eigenvalue weighted by molar-refractivity contribution is -0.134. The van der Waals surface area contributed by atoms with Gasteiger partial charge in [0, 0.05) is 43.6 Å². The van der Waals surface area contributed by atoms with E-state index in [1.165, 1.54) is 12.1 Å². The molecular formula is C21H29N5O2. The van der Waals surface area contributed by atoms with Gasteiger partial charge in [0.05, 0.1) is 18.4 Å². The summed E-state index contributed by atoms with van der Waals surface area (Å²) in [6, 6.07) is 7.91. The first-order valence-corrected chi connectivity index (χ1v) is 10.3. The molecule has 0 radical (unpaired) electrons. The summed E-state index contributed by atoms with van der Waals surface area (Å²) in [7, 11) is 0. The van der Waals surface area contributed by atoms with Crippen molar-refractivity contribution < 1.29 is 9.53 Å². The molecule has 1 unspecified atom stereocenters. The number of hydrogen-bond acceptors (Lipinski definition) is 5. The average Bonchev–Trinajstić information content (AvgIpc) is 3.22. The molecule has 2 aliphatic heterocycles. The maximum absolute atomic E-state index is 12.8. The van der Waals surface area contributed by atoms with Crippen molar-refractivity contribution in [2.45, 2.75) is 50.9 Å². The highest BCUT2D eigenvalue weighted by atomic mass is 16.5. The quantitative estimate of drug-likeness (QED) is 0.826. The first-order chi connectivity index (χ1) is 13.8. The molecule has 0 spiro atoms. The number of carbonyl (C=O) groups excluding carboxylic acids is 1. The van der Waals surface area contributed by atoms with Crippen LogP contribution in [0.3, 0.4) is 0 Å². The summed E-state index contributed by atoms with van der Waals surface area (Å²) < 4.78 is 7.87. The number of ether oxygens (including phenoxy) is 1. The third kappa shape index (κ3) is 4.77. The number of hydrogen-bond donors (Lipinski definition) is 1. The van der Waals surface area contributed by atoms with Gasteiger partial charge >= 0.3 is 0 Å². The van der Waals surface area contributed by atoms with E-state index in [0.29, 0.717) is 19.1 Å². The molecule has 28 heavy (non-hydrogen) atoms. The lowest BCUT2D eigenvalue weighted by atomic mass is 9.96. The highest BCUT2D eigenvalue weighted by Crippen LogP contribution is 2.23. The summed E-state index contributed by atoms with van der Waals surface area (Å²) in [5, 5.41) is 7.85. The van der Waals surface area contributed by atoms with Gasteiger partial charge in [-0.1, -0.05) is 6.07 Å². The van der Waals surface area contributed by atoms with Crippen LogP contribution in [0.5, 0.6) is 0 Å². The highest BCUT2D eigenvalue weighted by molar-refractivity contribution is 5.76. The molecule has 4 rings (SSSR count). The van der Waals surface area contributed by atoms with E-state index in [2.05, 4.69) is 21.5 Å². The lowest BCUT2D eigenvalue weighted by Gasteiger charge is -2.32. The Morgan fingerprint density at radius 1 is 1.18 bits per heavy atom. The zero-order valence-corrected chi connectivity index (χ0v) is 16.3. The fraction of sp³-hybridized carbons (Fsp3) is 0.571. The van der Waals surface area contributed by atoms with Crippen molar-refractivity contribution in [1.82, 2.24) is 25.0 Å². The van der Waals surface area contributed by atoms with Gasteiger partial charge in [-0.3, -0.25) is 14.5 Å². The van der Waals surface area contributed by atoms with Crippen molar-refractivity contribution in [3.05, 3.63) is 48.0 Å². The van der Waals surface area contributed by atoms with Gasteiger partial charge in [-0.05, 0) is 50.4 Å². The van der Waals surface area contributed by atoms with Crippen LogP contribution < -0.4 is 5.32 Å². The Labute approximate surface area is 166 Å². The molecule has 150 valence electrons. The minimum atomic E-state index is 0.150. The molecule has 4 heterocycles. The molecular weight excluding hydrogens is 354 g/mol. The lowest BCUT2D eigenvalue weighted by Crippen LogP contribution is -2.42. The molecule has 1 N–H and O–H groups in total. The Balaban J connectivity index is 1.25. The topological polar surface area (TPSA) is 72.3 Å². The van der Waals surface area contributed by atoms with Crippen LogP contribution >= 0.6 is 0 Å². The van der Waals surface area contributed by atoms with E-state index in [1.54, 1.807) is 6.20 Å². The molecule has 2 aliphatic rings. The number of nitrogens with zero attached hydrogens (tertiary/aromatic N) is 4. The summed E-state index contributed by atoms with van der Waals surface area (Å²) in [4.78, 5) is 19.0. The second kappa shape index (κ2) is 9.30. The van der Waals surface area contributed by atoms with Crippen LogP contribution in [0.1, 0.15) is 43.0 Å². The average molecular weight is 383 g/mol. The van der Waals surface area contributed by atoms with E-state index in [-0.39, 0.29) is 12.0 Å². The number of pyridine rings is 1. The summed E-state index contributed by atoms with van der Waals surface area (Å²) in [6.45, 7) is 4.41. The first kappa shape index (κ1) is 19.1. The molecule has 2 aromatic heterocycles. The predicted octanol–water partition coefficient (Wildman–Crippen LogP) is 1.95. The van der Waals surface area contributed by atoms with E-state index >= 15 is 0 Å². The Hall–Kier alpha value is -2.25. The predicted molar refractivity (Wildman–Crippen MR) is 106 cm³/mol. The molecule has 2 fully saturated rings. The minimum absolute atomic E-state index is 0.150. The Morgan fingerprint density at radius 2 is 2.07 bits per heavy atom. The van der Waals surface area contributed by atoms with Gasteiger partial charge in [0.1, 0.15) is 6.54 Å². The van der Waals surface area contributed by atoms with Crippen LogP contribution in [0.2, 0.25) is 0 Å². The van der Waals surface area contributed by atoms with E-state index in [9.17, 15) is 4.79 Å². The van der Waals surface area contributed by atoms with E-state index in [4.69, 9.17) is 4.74 Å². The van der Waals surface area contributed by atoms with Crippen LogP contribution in [0, 0.1) is 0 Å². The van der Waals surface area contributed by atoms with Crippen molar-refractivity contribution in [3.63, 3.8) is 0 Å². The summed E-state index contributed by atoms with van der Waals surface area (Å²) >= 11 is 0. The number of aromatic nitrogens is 3. The zero-order chi connectivity index (χ0) is 19.2. The standard InChI is InChI=1S/C21H29N5O2/c27-21(15-26-20(6-11-24-26)17-4-3-9-22-14-17)25-12-7-19(8-13-25)28-16-18-5-1-2-10-23-18/h1-2,5-6,10-11,17,19,22H,3-4,7-9,12-16H2. The fourth-order valence-electron chi connectivity index (χ4n) is 4.11. The van der Waals surface area contributed by atoms with Gasteiger partial charge in [0.15, 0.2) is 0 Å². The molecule has 2 saturated heterocycles. The normalized spacial score (nSPS) is 21.0.